The maximum absolute atomic E-state index is 5.36. The van der Waals surface area contributed by atoms with Gasteiger partial charge in [-0.3, -0.25) is 0 Å². The maximum Gasteiger partial charge on any atom is 0.164 e. The molecule has 0 spiro atoms. The van der Waals surface area contributed by atoms with E-state index in [-0.39, 0.29) is 0 Å². The van der Waals surface area contributed by atoms with E-state index in [9.17, 15) is 0 Å². The molecular weight excluding hydrogens is 633 g/mol. The molecule has 0 N–H and O–H groups in total. The molecule has 2 aromatic heterocycles. The third kappa shape index (κ3) is 5.09. The van der Waals surface area contributed by atoms with Gasteiger partial charge in [0, 0.05) is 43.8 Å². The van der Waals surface area contributed by atoms with Crippen molar-refractivity contribution in [3.63, 3.8) is 0 Å². The first kappa shape index (κ1) is 29.8. The molecule has 52 heavy (non-hydrogen) atoms. The summed E-state index contributed by atoms with van der Waals surface area (Å²) in [6, 6.07) is 63.3. The van der Waals surface area contributed by atoms with Gasteiger partial charge in [-0.15, -0.1) is 0 Å². The summed E-state index contributed by atoms with van der Waals surface area (Å²) in [5.74, 6) is 1.90. The average molecular weight is 663 g/mol. The van der Waals surface area contributed by atoms with Crippen molar-refractivity contribution < 1.29 is 0 Å². The van der Waals surface area contributed by atoms with Gasteiger partial charge >= 0.3 is 0 Å². The highest BCUT2D eigenvalue weighted by Gasteiger charge is 2.18. The number of rotatable bonds is 5. The van der Waals surface area contributed by atoms with Gasteiger partial charge in [-0.1, -0.05) is 182 Å². The molecule has 8 aromatic carbocycles. The minimum Gasteiger partial charge on any atom is -0.246 e. The number of fused-ring (bicyclic) bond motifs is 6. The van der Waals surface area contributed by atoms with E-state index in [1.54, 1.807) is 0 Å². The van der Waals surface area contributed by atoms with Crippen LogP contribution in [0.25, 0.3) is 99.8 Å². The van der Waals surface area contributed by atoms with Crippen LogP contribution in [0.5, 0.6) is 0 Å². The SMILES string of the molecule is c1ccc(-c2nc(-c3ccc(-c4c5ccc6ccccc6c5nc5c4ccc4ccccc45)cc3)nc(-c3ccccc3-c3ccccc3)n2)cc1. The molecule has 242 valence electrons. The number of pyridine rings is 1. The summed E-state index contributed by atoms with van der Waals surface area (Å²) in [6.45, 7) is 0. The van der Waals surface area contributed by atoms with Crippen molar-refractivity contribution in [3.05, 3.63) is 182 Å². The number of benzene rings is 8. The first-order chi connectivity index (χ1) is 25.8. The lowest BCUT2D eigenvalue weighted by molar-refractivity contribution is 1.07. The van der Waals surface area contributed by atoms with Crippen molar-refractivity contribution in [1.82, 2.24) is 19.9 Å². The Bertz CT molecular complexity index is 2840. The van der Waals surface area contributed by atoms with Crippen molar-refractivity contribution in [2.75, 3.05) is 0 Å². The van der Waals surface area contributed by atoms with Gasteiger partial charge in [0.05, 0.1) is 11.0 Å². The fourth-order valence-corrected chi connectivity index (χ4v) is 7.40. The largest absolute Gasteiger partial charge is 0.246 e. The molecule has 0 aliphatic carbocycles. The molecule has 0 aliphatic heterocycles. The molecule has 0 fully saturated rings. The molecule has 0 aliphatic rings. The van der Waals surface area contributed by atoms with Crippen molar-refractivity contribution in [3.8, 4) is 56.4 Å². The topological polar surface area (TPSA) is 51.6 Å². The Morgan fingerprint density at radius 2 is 0.692 bits per heavy atom. The molecule has 0 radical (unpaired) electrons. The lowest BCUT2D eigenvalue weighted by atomic mass is 9.92. The predicted molar refractivity (Wildman–Crippen MR) is 215 cm³/mol. The van der Waals surface area contributed by atoms with Gasteiger partial charge in [0.1, 0.15) is 0 Å². The number of hydrogen-bond donors (Lipinski definition) is 0. The van der Waals surface area contributed by atoms with Crippen LogP contribution >= 0.6 is 0 Å². The minimum absolute atomic E-state index is 0.625. The van der Waals surface area contributed by atoms with Crippen molar-refractivity contribution in [2.24, 2.45) is 0 Å². The van der Waals surface area contributed by atoms with E-state index in [1.165, 1.54) is 16.3 Å². The Morgan fingerprint density at radius 1 is 0.250 bits per heavy atom. The normalized spacial score (nSPS) is 11.5. The Balaban J connectivity index is 1.17. The molecule has 10 aromatic rings. The zero-order valence-electron chi connectivity index (χ0n) is 28.1. The molecule has 2 heterocycles. The fourth-order valence-electron chi connectivity index (χ4n) is 7.40. The van der Waals surface area contributed by atoms with Crippen LogP contribution < -0.4 is 0 Å². The zero-order chi connectivity index (χ0) is 34.4. The number of aromatic nitrogens is 4. The van der Waals surface area contributed by atoms with Crippen LogP contribution in [0.2, 0.25) is 0 Å². The number of nitrogens with zero attached hydrogens (tertiary/aromatic N) is 4. The van der Waals surface area contributed by atoms with E-state index in [1.807, 2.05) is 42.5 Å². The van der Waals surface area contributed by atoms with Crippen molar-refractivity contribution in [1.29, 1.82) is 0 Å². The summed E-state index contributed by atoms with van der Waals surface area (Å²) in [5.41, 5.74) is 9.30. The minimum atomic E-state index is 0.625. The molecule has 4 heteroatoms. The molecule has 0 amide bonds. The van der Waals surface area contributed by atoms with Gasteiger partial charge in [-0.05, 0) is 27.5 Å². The molecule has 0 saturated carbocycles. The Hall–Kier alpha value is -7.04. The Kier molecular flexibility index (Phi) is 7.10. The van der Waals surface area contributed by atoms with Crippen LogP contribution in [0.4, 0.5) is 0 Å². The summed E-state index contributed by atoms with van der Waals surface area (Å²) in [5, 5.41) is 6.90. The Labute approximate surface area is 300 Å². The monoisotopic (exact) mass is 662 g/mol. The van der Waals surface area contributed by atoms with Crippen LogP contribution in [0.3, 0.4) is 0 Å². The third-order valence-corrected chi connectivity index (χ3v) is 9.92. The average Bonchev–Trinajstić information content (AvgIpc) is 3.23. The molecule has 0 saturated heterocycles. The highest BCUT2D eigenvalue weighted by molar-refractivity contribution is 6.21. The summed E-state index contributed by atoms with van der Waals surface area (Å²) in [6.07, 6.45) is 0. The predicted octanol–water partition coefficient (Wildman–Crippen LogP) is 12.2. The quantitative estimate of drug-likeness (QED) is 0.136. The second-order valence-electron chi connectivity index (χ2n) is 13.0. The molecule has 4 nitrogen and oxygen atoms in total. The zero-order valence-corrected chi connectivity index (χ0v) is 28.1. The van der Waals surface area contributed by atoms with E-state index in [0.717, 1.165) is 66.0 Å². The van der Waals surface area contributed by atoms with E-state index >= 15 is 0 Å². The van der Waals surface area contributed by atoms with E-state index in [2.05, 4.69) is 140 Å². The summed E-state index contributed by atoms with van der Waals surface area (Å²) >= 11 is 0. The lowest BCUT2D eigenvalue weighted by Crippen LogP contribution is -2.01. The van der Waals surface area contributed by atoms with Crippen molar-refractivity contribution in [2.45, 2.75) is 0 Å². The summed E-state index contributed by atoms with van der Waals surface area (Å²) < 4.78 is 0. The van der Waals surface area contributed by atoms with Gasteiger partial charge in [-0.2, -0.15) is 0 Å². The van der Waals surface area contributed by atoms with E-state index < -0.39 is 0 Å². The first-order valence-corrected chi connectivity index (χ1v) is 17.5. The third-order valence-electron chi connectivity index (χ3n) is 9.92. The van der Waals surface area contributed by atoms with Gasteiger partial charge in [-0.25, -0.2) is 19.9 Å². The Morgan fingerprint density at radius 3 is 1.29 bits per heavy atom. The van der Waals surface area contributed by atoms with Crippen molar-refractivity contribution >= 4 is 43.4 Å². The molecule has 10 rings (SSSR count). The van der Waals surface area contributed by atoms with Crippen LogP contribution in [0, 0.1) is 0 Å². The molecule has 0 bridgehead atoms. The maximum atomic E-state index is 5.36. The standard InChI is InChI=1S/C48H30N4/c1-3-13-31(14-4-1)37-19-11-12-22-40(37)48-51-46(35-17-5-2-6-18-35)50-47(52-48)36-25-23-34(24-26-36)43-41-29-27-32-15-7-9-20-38(32)44(41)49-45-39-21-10-8-16-33(39)28-30-42(43)45/h1-30H. The highest BCUT2D eigenvalue weighted by Crippen LogP contribution is 2.40. The fraction of sp³-hybridized carbons (Fsp3) is 0. The van der Waals surface area contributed by atoms with Gasteiger partial charge in [0.15, 0.2) is 17.5 Å². The second kappa shape index (κ2) is 12.4. The van der Waals surface area contributed by atoms with Crippen LogP contribution in [0.15, 0.2) is 182 Å². The van der Waals surface area contributed by atoms with Gasteiger partial charge in [0.25, 0.3) is 0 Å². The van der Waals surface area contributed by atoms with Gasteiger partial charge < -0.3 is 0 Å². The van der Waals surface area contributed by atoms with Gasteiger partial charge in [0.2, 0.25) is 0 Å². The summed E-state index contributed by atoms with van der Waals surface area (Å²) in [7, 11) is 0. The molecule has 0 unspecified atom stereocenters. The van der Waals surface area contributed by atoms with Crippen LogP contribution in [-0.4, -0.2) is 19.9 Å². The lowest BCUT2D eigenvalue weighted by Gasteiger charge is -2.15. The molecular formula is C48H30N4. The highest BCUT2D eigenvalue weighted by atomic mass is 15.0. The smallest absolute Gasteiger partial charge is 0.164 e. The molecule has 0 atom stereocenters. The van der Waals surface area contributed by atoms with E-state index in [0.29, 0.717) is 17.5 Å². The first-order valence-electron chi connectivity index (χ1n) is 17.5. The summed E-state index contributed by atoms with van der Waals surface area (Å²) in [4.78, 5) is 20.6. The second-order valence-corrected chi connectivity index (χ2v) is 13.0. The van der Waals surface area contributed by atoms with Crippen LogP contribution in [0.1, 0.15) is 0 Å². The number of hydrogen-bond acceptors (Lipinski definition) is 4. The van der Waals surface area contributed by atoms with E-state index in [4.69, 9.17) is 19.9 Å². The van der Waals surface area contributed by atoms with Crippen LogP contribution in [-0.2, 0) is 0 Å².